The summed E-state index contributed by atoms with van der Waals surface area (Å²) in [6.45, 7) is 7.76. The van der Waals surface area contributed by atoms with Crippen LogP contribution in [0.1, 0.15) is 38.8 Å². The van der Waals surface area contributed by atoms with E-state index in [1.807, 2.05) is 0 Å². The molecule has 0 radical (unpaired) electrons. The lowest BCUT2D eigenvalue weighted by molar-refractivity contribution is 0.384. The van der Waals surface area contributed by atoms with Crippen molar-refractivity contribution in [1.29, 1.82) is 0 Å². The van der Waals surface area contributed by atoms with Crippen LogP contribution in [0.3, 0.4) is 0 Å². The Morgan fingerprint density at radius 3 is 2.47 bits per heavy atom. The van der Waals surface area contributed by atoms with Gasteiger partial charge in [0.1, 0.15) is 0 Å². The molecule has 2 nitrogen and oxygen atoms in total. The fourth-order valence-electron chi connectivity index (χ4n) is 2.10. The first-order valence-electron chi connectivity index (χ1n) is 6.60. The van der Waals surface area contributed by atoms with Crippen LogP contribution in [0.4, 0.5) is 5.69 Å². The molecule has 0 saturated carbocycles. The first kappa shape index (κ1) is 14.0. The largest absolute Gasteiger partial charge is 0.378 e. The summed E-state index contributed by atoms with van der Waals surface area (Å²) in [7, 11) is 4.18. The fraction of sp³-hybridized carbons (Fsp3) is 0.600. The van der Waals surface area contributed by atoms with Gasteiger partial charge in [-0.2, -0.15) is 0 Å². The van der Waals surface area contributed by atoms with Crippen LogP contribution in [0.15, 0.2) is 24.3 Å². The zero-order valence-corrected chi connectivity index (χ0v) is 11.8. The van der Waals surface area contributed by atoms with Crippen LogP contribution in [-0.2, 0) is 0 Å². The number of rotatable bonds is 6. The van der Waals surface area contributed by atoms with Crippen LogP contribution in [0.5, 0.6) is 0 Å². The second kappa shape index (κ2) is 6.65. The third-order valence-electron chi connectivity index (χ3n) is 3.38. The Morgan fingerprint density at radius 2 is 1.94 bits per heavy atom. The Kier molecular flexibility index (Phi) is 5.49. The molecular formula is C15H26N2. The van der Waals surface area contributed by atoms with E-state index in [1.54, 1.807) is 0 Å². The number of hydrogen-bond donors (Lipinski definition) is 1. The topological polar surface area (TPSA) is 15.3 Å². The summed E-state index contributed by atoms with van der Waals surface area (Å²) < 4.78 is 0. The van der Waals surface area contributed by atoms with Crippen LogP contribution in [0.2, 0.25) is 0 Å². The molecule has 0 bridgehead atoms. The van der Waals surface area contributed by atoms with Crippen molar-refractivity contribution in [2.45, 2.75) is 33.2 Å². The Balaban J connectivity index is 2.97. The Hall–Kier alpha value is -1.02. The molecule has 0 amide bonds. The molecule has 96 valence electrons. The third kappa shape index (κ3) is 3.74. The minimum absolute atomic E-state index is 0.463. The molecule has 1 aromatic carbocycles. The summed E-state index contributed by atoms with van der Waals surface area (Å²) in [4.78, 5) is 2.16. The molecule has 17 heavy (non-hydrogen) atoms. The van der Waals surface area contributed by atoms with E-state index in [2.05, 4.69) is 69.3 Å². The summed E-state index contributed by atoms with van der Waals surface area (Å²) in [5.74, 6) is 0.660. The van der Waals surface area contributed by atoms with Gasteiger partial charge in [-0.15, -0.1) is 0 Å². The van der Waals surface area contributed by atoms with Crippen LogP contribution >= 0.6 is 0 Å². The van der Waals surface area contributed by atoms with Crippen LogP contribution in [0.25, 0.3) is 0 Å². The molecule has 0 aliphatic heterocycles. The molecule has 0 fully saturated rings. The van der Waals surface area contributed by atoms with Crippen LogP contribution in [-0.4, -0.2) is 20.6 Å². The van der Waals surface area contributed by atoms with Crippen molar-refractivity contribution in [2.75, 3.05) is 25.5 Å². The molecule has 0 aromatic heterocycles. The molecule has 2 heteroatoms. The molecule has 1 rings (SSSR count). The fourth-order valence-corrected chi connectivity index (χ4v) is 2.10. The minimum Gasteiger partial charge on any atom is -0.378 e. The number of hydrogen-bond acceptors (Lipinski definition) is 2. The molecule has 2 atom stereocenters. The lowest BCUT2D eigenvalue weighted by atomic mass is 9.92. The standard InChI is InChI=1S/C15H26N2/c1-6-12(3)15(16-7-2)13-9-8-10-14(11-13)17(4)5/h8-12,15-16H,6-7H2,1-5H3. The molecule has 2 unspecified atom stereocenters. The highest BCUT2D eigenvalue weighted by Crippen LogP contribution is 2.26. The van der Waals surface area contributed by atoms with Gasteiger partial charge in [0.2, 0.25) is 0 Å². The molecule has 1 N–H and O–H groups in total. The number of anilines is 1. The van der Waals surface area contributed by atoms with Crippen LogP contribution in [0, 0.1) is 5.92 Å². The van der Waals surface area contributed by atoms with Crippen molar-refractivity contribution in [2.24, 2.45) is 5.92 Å². The molecule has 1 aromatic rings. The van der Waals surface area contributed by atoms with E-state index in [0.29, 0.717) is 12.0 Å². The number of nitrogens with zero attached hydrogens (tertiary/aromatic N) is 1. The highest BCUT2D eigenvalue weighted by Gasteiger charge is 2.17. The zero-order chi connectivity index (χ0) is 12.8. The summed E-state index contributed by atoms with van der Waals surface area (Å²) in [6, 6.07) is 9.29. The van der Waals surface area contributed by atoms with E-state index in [9.17, 15) is 0 Å². The van der Waals surface area contributed by atoms with E-state index in [4.69, 9.17) is 0 Å². The second-order valence-electron chi connectivity index (χ2n) is 4.91. The van der Waals surface area contributed by atoms with Gasteiger partial charge in [-0.1, -0.05) is 39.3 Å². The van der Waals surface area contributed by atoms with Crippen LogP contribution < -0.4 is 10.2 Å². The number of benzene rings is 1. The summed E-state index contributed by atoms with van der Waals surface area (Å²) >= 11 is 0. The molecule has 0 heterocycles. The van der Waals surface area contributed by atoms with Gasteiger partial charge >= 0.3 is 0 Å². The summed E-state index contributed by atoms with van der Waals surface area (Å²) in [5, 5.41) is 3.60. The summed E-state index contributed by atoms with van der Waals surface area (Å²) in [5.41, 5.74) is 2.67. The SMILES string of the molecule is CCNC(c1cccc(N(C)C)c1)C(C)CC. The highest BCUT2D eigenvalue weighted by molar-refractivity contribution is 5.47. The van der Waals surface area contributed by atoms with Crippen molar-refractivity contribution in [3.63, 3.8) is 0 Å². The van der Waals surface area contributed by atoms with Crippen molar-refractivity contribution in [3.8, 4) is 0 Å². The van der Waals surface area contributed by atoms with Gasteiger partial charge in [0, 0.05) is 25.8 Å². The normalized spacial score (nSPS) is 14.4. The van der Waals surface area contributed by atoms with E-state index >= 15 is 0 Å². The maximum Gasteiger partial charge on any atom is 0.0364 e. The molecule has 0 saturated heterocycles. The Morgan fingerprint density at radius 1 is 1.24 bits per heavy atom. The first-order valence-corrected chi connectivity index (χ1v) is 6.60. The maximum absolute atomic E-state index is 3.60. The summed E-state index contributed by atoms with van der Waals surface area (Å²) in [6.07, 6.45) is 1.20. The Labute approximate surface area is 106 Å². The van der Waals surface area contributed by atoms with E-state index < -0.39 is 0 Å². The molecular weight excluding hydrogens is 208 g/mol. The van der Waals surface area contributed by atoms with Gasteiger partial charge in [0.05, 0.1) is 0 Å². The van der Waals surface area contributed by atoms with E-state index in [-0.39, 0.29) is 0 Å². The predicted octanol–water partition coefficient (Wildman–Crippen LogP) is 3.45. The smallest absolute Gasteiger partial charge is 0.0364 e. The van der Waals surface area contributed by atoms with Gasteiger partial charge < -0.3 is 10.2 Å². The van der Waals surface area contributed by atoms with Crippen molar-refractivity contribution < 1.29 is 0 Å². The monoisotopic (exact) mass is 234 g/mol. The number of nitrogens with one attached hydrogen (secondary N) is 1. The van der Waals surface area contributed by atoms with Gasteiger partial charge in [-0.05, 0) is 30.2 Å². The zero-order valence-electron chi connectivity index (χ0n) is 11.8. The first-order chi connectivity index (χ1) is 8.10. The van der Waals surface area contributed by atoms with Crippen molar-refractivity contribution >= 4 is 5.69 Å². The van der Waals surface area contributed by atoms with Gasteiger partial charge in [0.15, 0.2) is 0 Å². The Bertz CT molecular complexity index is 333. The second-order valence-corrected chi connectivity index (χ2v) is 4.91. The predicted molar refractivity (Wildman–Crippen MR) is 76.6 cm³/mol. The minimum atomic E-state index is 0.463. The lowest BCUT2D eigenvalue weighted by Crippen LogP contribution is -2.26. The average molecular weight is 234 g/mol. The molecule has 0 aliphatic rings. The van der Waals surface area contributed by atoms with Gasteiger partial charge in [0.25, 0.3) is 0 Å². The third-order valence-corrected chi connectivity index (χ3v) is 3.38. The van der Waals surface area contributed by atoms with Gasteiger partial charge in [-0.25, -0.2) is 0 Å². The maximum atomic E-state index is 3.60. The average Bonchev–Trinajstić information content (AvgIpc) is 2.35. The van der Waals surface area contributed by atoms with Gasteiger partial charge in [-0.3, -0.25) is 0 Å². The molecule has 0 spiro atoms. The highest BCUT2D eigenvalue weighted by atomic mass is 15.1. The van der Waals surface area contributed by atoms with Crippen molar-refractivity contribution in [3.05, 3.63) is 29.8 Å². The van der Waals surface area contributed by atoms with E-state index in [0.717, 1.165) is 6.54 Å². The van der Waals surface area contributed by atoms with Crippen molar-refractivity contribution in [1.82, 2.24) is 5.32 Å². The molecule has 0 aliphatic carbocycles. The van der Waals surface area contributed by atoms with E-state index in [1.165, 1.54) is 17.7 Å². The quantitative estimate of drug-likeness (QED) is 0.811. The lowest BCUT2D eigenvalue weighted by Gasteiger charge is -2.25.